The molecular weight excluding hydrogens is 380 g/mol. The highest BCUT2D eigenvalue weighted by atomic mass is 32.1. The number of anilines is 1. The molecule has 0 aliphatic carbocycles. The van der Waals surface area contributed by atoms with Crippen molar-refractivity contribution in [2.75, 3.05) is 31.6 Å². The van der Waals surface area contributed by atoms with E-state index in [0.29, 0.717) is 13.1 Å². The van der Waals surface area contributed by atoms with E-state index in [0.717, 1.165) is 25.2 Å². The number of thiocarbonyl (C=S) groups is 1. The Balaban J connectivity index is 1.76. The highest BCUT2D eigenvalue weighted by Gasteiger charge is 2.26. The van der Waals surface area contributed by atoms with Crippen molar-refractivity contribution in [2.24, 2.45) is 10.8 Å². The average Bonchev–Trinajstić information content (AvgIpc) is 2.67. The zero-order valence-corrected chi connectivity index (χ0v) is 16.4. The lowest BCUT2D eigenvalue weighted by Crippen LogP contribution is -2.52. The third-order valence-electron chi connectivity index (χ3n) is 4.88. The van der Waals surface area contributed by atoms with Gasteiger partial charge in [0.05, 0.1) is 11.9 Å². The van der Waals surface area contributed by atoms with Crippen LogP contribution in [0.1, 0.15) is 11.1 Å². The van der Waals surface area contributed by atoms with Gasteiger partial charge in [0, 0.05) is 37.3 Å². The fourth-order valence-electron chi connectivity index (χ4n) is 3.33. The second kappa shape index (κ2) is 9.07. The molecular formula is C20H23F2N5S. The quantitative estimate of drug-likeness (QED) is 0.456. The first kappa shape index (κ1) is 20.2. The molecule has 0 saturated carbocycles. The molecule has 5 nitrogen and oxygen atoms in total. The normalized spacial score (nSPS) is 17.8. The van der Waals surface area contributed by atoms with Gasteiger partial charge in [-0.2, -0.15) is 5.10 Å². The van der Waals surface area contributed by atoms with Gasteiger partial charge in [0.2, 0.25) is 0 Å². The van der Waals surface area contributed by atoms with Crippen molar-refractivity contribution in [3.05, 3.63) is 65.2 Å². The Morgan fingerprint density at radius 2 is 2.00 bits per heavy atom. The first-order valence-electron chi connectivity index (χ1n) is 9.00. The number of halogens is 2. The molecule has 1 heterocycles. The van der Waals surface area contributed by atoms with Crippen LogP contribution in [0.25, 0.3) is 0 Å². The standard InChI is InChI=1S/C20H23F2N5S/c1-26-7-8-27(13-16(26)9-14-5-3-2-4-6-14)19-11-17(21)15(10-18(19)22)12-24-25-20(23)28/h2-6,10-12,16H,7-9,13H2,1H3,(H3,23,25,28)/t16-/m0/s1. The van der Waals surface area contributed by atoms with Crippen LogP contribution in [0, 0.1) is 11.6 Å². The number of hydrogen-bond acceptors (Lipinski definition) is 4. The van der Waals surface area contributed by atoms with Crippen LogP contribution < -0.4 is 16.1 Å². The second-order valence-electron chi connectivity index (χ2n) is 6.83. The summed E-state index contributed by atoms with van der Waals surface area (Å²) in [6.45, 7) is 2.03. The van der Waals surface area contributed by atoms with Gasteiger partial charge >= 0.3 is 0 Å². The summed E-state index contributed by atoms with van der Waals surface area (Å²) < 4.78 is 29.1. The Hall–Kier alpha value is -2.58. The topological polar surface area (TPSA) is 56.9 Å². The molecule has 1 aliphatic rings. The van der Waals surface area contributed by atoms with Crippen molar-refractivity contribution < 1.29 is 8.78 Å². The van der Waals surface area contributed by atoms with Crippen molar-refractivity contribution >= 4 is 29.2 Å². The van der Waals surface area contributed by atoms with Gasteiger partial charge in [-0.3, -0.25) is 10.3 Å². The lowest BCUT2D eigenvalue weighted by molar-refractivity contribution is 0.216. The molecule has 0 aromatic heterocycles. The zero-order chi connectivity index (χ0) is 20.1. The smallest absolute Gasteiger partial charge is 0.184 e. The second-order valence-corrected chi connectivity index (χ2v) is 7.27. The predicted molar refractivity (Wildman–Crippen MR) is 113 cm³/mol. The molecule has 3 N–H and O–H groups in total. The van der Waals surface area contributed by atoms with Gasteiger partial charge in [-0.05, 0) is 37.3 Å². The third-order valence-corrected chi connectivity index (χ3v) is 4.97. The average molecular weight is 404 g/mol. The third kappa shape index (κ3) is 5.02. The maximum Gasteiger partial charge on any atom is 0.184 e. The van der Waals surface area contributed by atoms with Crippen LogP contribution in [0.4, 0.5) is 14.5 Å². The Morgan fingerprint density at radius 1 is 1.25 bits per heavy atom. The molecule has 28 heavy (non-hydrogen) atoms. The van der Waals surface area contributed by atoms with E-state index in [4.69, 9.17) is 5.73 Å². The molecule has 1 saturated heterocycles. The highest BCUT2D eigenvalue weighted by Crippen LogP contribution is 2.26. The number of rotatable bonds is 5. The molecule has 3 rings (SSSR count). The molecule has 2 aromatic rings. The number of nitrogens with one attached hydrogen (secondary N) is 1. The van der Waals surface area contributed by atoms with Crippen molar-refractivity contribution in [3.63, 3.8) is 0 Å². The molecule has 148 valence electrons. The number of hydrogen-bond donors (Lipinski definition) is 2. The monoisotopic (exact) mass is 403 g/mol. The molecule has 1 fully saturated rings. The fraction of sp³-hybridized carbons (Fsp3) is 0.300. The van der Waals surface area contributed by atoms with Gasteiger partial charge in [-0.25, -0.2) is 8.78 Å². The number of piperazine rings is 1. The molecule has 0 amide bonds. The zero-order valence-electron chi connectivity index (χ0n) is 15.6. The van der Waals surface area contributed by atoms with Gasteiger partial charge in [-0.15, -0.1) is 0 Å². The summed E-state index contributed by atoms with van der Waals surface area (Å²) >= 11 is 4.62. The van der Waals surface area contributed by atoms with Crippen LogP contribution in [-0.2, 0) is 6.42 Å². The number of likely N-dealkylation sites (N-methyl/N-ethyl adjacent to an activating group) is 1. The van der Waals surface area contributed by atoms with E-state index in [9.17, 15) is 8.78 Å². The molecule has 0 unspecified atom stereocenters. The van der Waals surface area contributed by atoms with Crippen LogP contribution >= 0.6 is 12.2 Å². The largest absolute Gasteiger partial charge is 0.375 e. The molecule has 0 radical (unpaired) electrons. The highest BCUT2D eigenvalue weighted by molar-refractivity contribution is 7.80. The fourth-order valence-corrected chi connectivity index (χ4v) is 3.38. The summed E-state index contributed by atoms with van der Waals surface area (Å²) in [6, 6.07) is 12.8. The number of nitrogens with two attached hydrogens (primary N) is 1. The van der Waals surface area contributed by atoms with Crippen LogP contribution in [0.15, 0.2) is 47.6 Å². The van der Waals surface area contributed by atoms with E-state index >= 15 is 0 Å². The first-order chi connectivity index (χ1) is 13.4. The summed E-state index contributed by atoms with van der Waals surface area (Å²) in [7, 11) is 2.07. The van der Waals surface area contributed by atoms with E-state index < -0.39 is 11.6 Å². The van der Waals surface area contributed by atoms with Crippen LogP contribution in [0.3, 0.4) is 0 Å². The first-order valence-corrected chi connectivity index (χ1v) is 9.41. The lowest BCUT2D eigenvalue weighted by Gasteiger charge is -2.41. The lowest BCUT2D eigenvalue weighted by atomic mass is 10.0. The summed E-state index contributed by atoms with van der Waals surface area (Å²) in [5, 5.41) is 3.64. The Kier molecular flexibility index (Phi) is 6.53. The Bertz CT molecular complexity index is 859. The van der Waals surface area contributed by atoms with Gasteiger partial charge in [-0.1, -0.05) is 30.3 Å². The summed E-state index contributed by atoms with van der Waals surface area (Å²) in [4.78, 5) is 4.17. The van der Waals surface area contributed by atoms with Crippen LogP contribution in [0.2, 0.25) is 0 Å². The van der Waals surface area contributed by atoms with Gasteiger partial charge in [0.15, 0.2) is 5.11 Å². The van der Waals surface area contributed by atoms with Crippen molar-refractivity contribution in [3.8, 4) is 0 Å². The molecule has 0 bridgehead atoms. The minimum atomic E-state index is -0.552. The Labute approximate surface area is 168 Å². The van der Waals surface area contributed by atoms with E-state index in [1.807, 2.05) is 23.1 Å². The van der Waals surface area contributed by atoms with Crippen LogP contribution in [-0.4, -0.2) is 49.0 Å². The van der Waals surface area contributed by atoms with Crippen molar-refractivity contribution in [1.82, 2.24) is 10.3 Å². The van der Waals surface area contributed by atoms with E-state index in [1.165, 1.54) is 11.6 Å². The maximum atomic E-state index is 14.7. The minimum absolute atomic E-state index is 0.0277. The summed E-state index contributed by atoms with van der Waals surface area (Å²) in [5.41, 5.74) is 9.10. The minimum Gasteiger partial charge on any atom is -0.375 e. The van der Waals surface area contributed by atoms with E-state index in [1.54, 1.807) is 0 Å². The number of nitrogens with zero attached hydrogens (tertiary/aromatic N) is 3. The summed E-state index contributed by atoms with van der Waals surface area (Å²) in [5.74, 6) is -1.04. The van der Waals surface area contributed by atoms with Crippen molar-refractivity contribution in [2.45, 2.75) is 12.5 Å². The van der Waals surface area contributed by atoms with Gasteiger partial charge in [0.1, 0.15) is 11.6 Å². The van der Waals surface area contributed by atoms with Gasteiger partial charge < -0.3 is 10.6 Å². The van der Waals surface area contributed by atoms with Crippen molar-refractivity contribution in [1.29, 1.82) is 0 Å². The summed E-state index contributed by atoms with van der Waals surface area (Å²) in [6.07, 6.45) is 2.01. The number of hydrazone groups is 1. The molecule has 2 aromatic carbocycles. The molecule has 8 heteroatoms. The molecule has 1 aliphatic heterocycles. The van der Waals surface area contributed by atoms with E-state index in [2.05, 4.69) is 46.8 Å². The molecule has 1 atom stereocenters. The number of benzene rings is 2. The van der Waals surface area contributed by atoms with E-state index in [-0.39, 0.29) is 22.4 Å². The maximum absolute atomic E-state index is 14.7. The molecule has 0 spiro atoms. The van der Waals surface area contributed by atoms with Gasteiger partial charge in [0.25, 0.3) is 0 Å². The van der Waals surface area contributed by atoms with Crippen LogP contribution in [0.5, 0.6) is 0 Å². The Morgan fingerprint density at radius 3 is 2.71 bits per heavy atom. The SMILES string of the molecule is CN1CCN(c2cc(F)c(C=NNC(N)=S)cc2F)C[C@@H]1Cc1ccccc1. The predicted octanol–water partition coefficient (Wildman–Crippen LogP) is 2.50.